The molecule has 0 bridgehead atoms. The minimum absolute atomic E-state index is 0.00247. The quantitative estimate of drug-likeness (QED) is 0.832. The summed E-state index contributed by atoms with van der Waals surface area (Å²) in [5.41, 5.74) is 5.64. The number of aliphatic carboxylic acids is 1. The van der Waals surface area contributed by atoms with Crippen LogP contribution in [0.1, 0.15) is 24.8 Å². The summed E-state index contributed by atoms with van der Waals surface area (Å²) in [6.45, 7) is 1.70. The lowest BCUT2D eigenvalue weighted by molar-refractivity contribution is -0.141. The van der Waals surface area contributed by atoms with Crippen molar-refractivity contribution in [2.24, 2.45) is 11.7 Å². The minimum Gasteiger partial charge on any atom is -0.481 e. The second kappa shape index (κ2) is 5.72. The van der Waals surface area contributed by atoms with E-state index in [1.165, 1.54) is 6.07 Å². The fraction of sp³-hybridized carbons (Fsp3) is 0.417. The van der Waals surface area contributed by atoms with Gasteiger partial charge in [-0.3, -0.25) is 4.79 Å². The highest BCUT2D eigenvalue weighted by atomic mass is 19.1. The van der Waals surface area contributed by atoms with Crippen molar-refractivity contribution in [1.82, 2.24) is 0 Å². The highest BCUT2D eigenvalue weighted by molar-refractivity contribution is 5.70. The van der Waals surface area contributed by atoms with Crippen LogP contribution in [0.15, 0.2) is 18.2 Å². The normalized spacial score (nSPS) is 14.4. The molecule has 3 N–H and O–H groups in total. The van der Waals surface area contributed by atoms with Gasteiger partial charge < -0.3 is 10.8 Å². The van der Waals surface area contributed by atoms with Gasteiger partial charge in [-0.1, -0.05) is 13.0 Å². The number of hydrogen-bond donors (Lipinski definition) is 2. The molecule has 2 unspecified atom stereocenters. The third-order valence-corrected chi connectivity index (χ3v) is 2.77. The molecule has 0 fully saturated rings. The van der Waals surface area contributed by atoms with Gasteiger partial charge in [0.1, 0.15) is 11.6 Å². The zero-order chi connectivity index (χ0) is 13.0. The maximum Gasteiger partial charge on any atom is 0.307 e. The van der Waals surface area contributed by atoms with Crippen molar-refractivity contribution in [2.75, 3.05) is 6.54 Å². The summed E-state index contributed by atoms with van der Waals surface area (Å²) in [6, 6.07) is 3.29. The predicted molar refractivity (Wildman–Crippen MR) is 59.6 cm³/mol. The predicted octanol–water partition coefficient (Wildman–Crippen LogP) is 2.12. The van der Waals surface area contributed by atoms with E-state index in [0.717, 1.165) is 12.1 Å². The molecule has 0 amide bonds. The fourth-order valence-corrected chi connectivity index (χ4v) is 1.75. The smallest absolute Gasteiger partial charge is 0.307 e. The number of rotatable bonds is 5. The van der Waals surface area contributed by atoms with Crippen LogP contribution in [-0.2, 0) is 4.79 Å². The molecule has 0 spiro atoms. The number of benzene rings is 1. The summed E-state index contributed by atoms with van der Waals surface area (Å²) < 4.78 is 26.2. The Bertz CT molecular complexity index is 409. The number of halogens is 2. The summed E-state index contributed by atoms with van der Waals surface area (Å²) >= 11 is 0. The van der Waals surface area contributed by atoms with Gasteiger partial charge in [0.05, 0.1) is 5.92 Å². The monoisotopic (exact) mass is 243 g/mol. The highest BCUT2D eigenvalue weighted by Gasteiger charge is 2.21. The van der Waals surface area contributed by atoms with E-state index in [1.54, 1.807) is 6.92 Å². The Kier molecular flexibility index (Phi) is 4.57. The molecule has 0 aliphatic rings. The molecule has 0 aliphatic carbocycles. The van der Waals surface area contributed by atoms with E-state index in [4.69, 9.17) is 10.8 Å². The molecule has 1 aromatic carbocycles. The van der Waals surface area contributed by atoms with Gasteiger partial charge in [-0.05, 0) is 24.0 Å². The maximum absolute atomic E-state index is 13.4. The molecule has 17 heavy (non-hydrogen) atoms. The molecule has 94 valence electrons. The first kappa shape index (κ1) is 13.6. The number of carboxylic acids is 1. The zero-order valence-electron chi connectivity index (χ0n) is 9.49. The first-order valence-corrected chi connectivity index (χ1v) is 5.33. The topological polar surface area (TPSA) is 63.3 Å². The van der Waals surface area contributed by atoms with Crippen LogP contribution < -0.4 is 5.73 Å². The van der Waals surface area contributed by atoms with Gasteiger partial charge in [0.2, 0.25) is 0 Å². The summed E-state index contributed by atoms with van der Waals surface area (Å²) in [4.78, 5) is 10.8. The van der Waals surface area contributed by atoms with E-state index in [1.807, 2.05) is 0 Å². The van der Waals surface area contributed by atoms with Gasteiger partial charge in [0, 0.05) is 12.6 Å². The summed E-state index contributed by atoms with van der Waals surface area (Å²) in [6.07, 6.45) is 0.231. The Morgan fingerprint density at radius 3 is 2.59 bits per heavy atom. The molecule has 0 saturated heterocycles. The fourth-order valence-electron chi connectivity index (χ4n) is 1.75. The number of carboxylic acid groups (broad SMARTS) is 1. The number of nitrogens with two attached hydrogens (primary N) is 1. The molecule has 1 rings (SSSR count). The Hall–Kier alpha value is -1.49. The van der Waals surface area contributed by atoms with Gasteiger partial charge in [0.25, 0.3) is 0 Å². The van der Waals surface area contributed by atoms with Crippen LogP contribution >= 0.6 is 0 Å². The lowest BCUT2D eigenvalue weighted by Crippen LogP contribution is -2.25. The van der Waals surface area contributed by atoms with Crippen LogP contribution in [0.5, 0.6) is 0 Å². The average molecular weight is 243 g/mol. The molecule has 0 saturated carbocycles. The molecule has 0 aromatic heterocycles. The van der Waals surface area contributed by atoms with Crippen molar-refractivity contribution in [1.29, 1.82) is 0 Å². The second-order valence-corrected chi connectivity index (χ2v) is 4.07. The van der Waals surface area contributed by atoms with E-state index in [9.17, 15) is 13.6 Å². The lowest BCUT2D eigenvalue weighted by atomic mass is 9.90. The third-order valence-electron chi connectivity index (χ3n) is 2.77. The van der Waals surface area contributed by atoms with Crippen LogP contribution in [-0.4, -0.2) is 17.6 Å². The van der Waals surface area contributed by atoms with E-state index in [0.29, 0.717) is 5.56 Å². The van der Waals surface area contributed by atoms with Gasteiger partial charge in [0.15, 0.2) is 0 Å². The SMILES string of the molecule is CC(CC(CN)C(=O)O)c1ccc(F)cc1F. The van der Waals surface area contributed by atoms with Crippen LogP contribution in [0, 0.1) is 17.6 Å². The van der Waals surface area contributed by atoms with Crippen LogP contribution in [0.4, 0.5) is 8.78 Å². The second-order valence-electron chi connectivity index (χ2n) is 4.07. The minimum atomic E-state index is -0.998. The summed E-state index contributed by atoms with van der Waals surface area (Å²) in [5.74, 6) is -3.33. The van der Waals surface area contributed by atoms with Crippen LogP contribution in [0.25, 0.3) is 0 Å². The van der Waals surface area contributed by atoms with Gasteiger partial charge in [-0.2, -0.15) is 0 Å². The van der Waals surface area contributed by atoms with Crippen molar-refractivity contribution in [2.45, 2.75) is 19.3 Å². The molecule has 0 aliphatic heterocycles. The van der Waals surface area contributed by atoms with E-state index in [-0.39, 0.29) is 18.9 Å². The standard InChI is InChI=1S/C12H15F2NO2/c1-7(4-8(6-15)12(16)17)10-3-2-9(13)5-11(10)14/h2-3,5,7-8H,4,6,15H2,1H3,(H,16,17). The Labute approximate surface area is 98.2 Å². The van der Waals surface area contributed by atoms with E-state index in [2.05, 4.69) is 0 Å². The summed E-state index contributed by atoms with van der Waals surface area (Å²) in [7, 11) is 0. The molecular formula is C12H15F2NO2. The van der Waals surface area contributed by atoms with E-state index >= 15 is 0 Å². The van der Waals surface area contributed by atoms with Crippen molar-refractivity contribution >= 4 is 5.97 Å². The molecule has 3 nitrogen and oxygen atoms in total. The van der Waals surface area contributed by atoms with Gasteiger partial charge in [-0.15, -0.1) is 0 Å². The largest absolute Gasteiger partial charge is 0.481 e. The molecule has 0 radical (unpaired) electrons. The highest BCUT2D eigenvalue weighted by Crippen LogP contribution is 2.26. The van der Waals surface area contributed by atoms with Crippen LogP contribution in [0.2, 0.25) is 0 Å². The Morgan fingerprint density at radius 1 is 1.47 bits per heavy atom. The molecule has 0 heterocycles. The number of hydrogen-bond acceptors (Lipinski definition) is 2. The van der Waals surface area contributed by atoms with Gasteiger partial charge in [-0.25, -0.2) is 8.78 Å². The Balaban J connectivity index is 2.82. The maximum atomic E-state index is 13.4. The average Bonchev–Trinajstić information content (AvgIpc) is 2.24. The van der Waals surface area contributed by atoms with Crippen molar-refractivity contribution < 1.29 is 18.7 Å². The number of carbonyl (C=O) groups is 1. The van der Waals surface area contributed by atoms with Crippen molar-refractivity contribution in [3.63, 3.8) is 0 Å². The Morgan fingerprint density at radius 2 is 2.12 bits per heavy atom. The first-order valence-electron chi connectivity index (χ1n) is 5.33. The molecule has 2 atom stereocenters. The van der Waals surface area contributed by atoms with Crippen molar-refractivity contribution in [3.05, 3.63) is 35.4 Å². The molecular weight excluding hydrogens is 228 g/mol. The third kappa shape index (κ3) is 3.49. The lowest BCUT2D eigenvalue weighted by Gasteiger charge is -2.17. The summed E-state index contributed by atoms with van der Waals surface area (Å²) in [5, 5.41) is 8.85. The van der Waals surface area contributed by atoms with Crippen molar-refractivity contribution in [3.8, 4) is 0 Å². The first-order chi connectivity index (χ1) is 7.95. The van der Waals surface area contributed by atoms with E-state index < -0.39 is 23.5 Å². The molecule has 1 aromatic rings. The van der Waals surface area contributed by atoms with Gasteiger partial charge >= 0.3 is 5.97 Å². The molecule has 5 heteroatoms. The zero-order valence-corrected chi connectivity index (χ0v) is 9.49. The van der Waals surface area contributed by atoms with Crippen LogP contribution in [0.3, 0.4) is 0 Å².